The largest absolute Gasteiger partial charge is 0.507 e. The molecule has 256 valence electrons. The van der Waals surface area contributed by atoms with E-state index in [0.29, 0.717) is 48.2 Å². The third-order valence-electron chi connectivity index (χ3n) is 8.83. The van der Waals surface area contributed by atoms with Gasteiger partial charge in [0.1, 0.15) is 24.2 Å². The molecule has 0 amide bonds. The Morgan fingerprint density at radius 2 is 1.26 bits per heavy atom. The molecule has 1 saturated carbocycles. The van der Waals surface area contributed by atoms with Crippen LogP contribution in [0.4, 0.5) is 0 Å². The number of benzene rings is 2. The van der Waals surface area contributed by atoms with Crippen LogP contribution in [0.25, 0.3) is 0 Å². The molecule has 46 heavy (non-hydrogen) atoms. The minimum absolute atomic E-state index is 0.0723. The highest BCUT2D eigenvalue weighted by Crippen LogP contribution is 2.36. The smallest absolute Gasteiger partial charge is 0.306 e. The summed E-state index contributed by atoms with van der Waals surface area (Å²) in [6.45, 7) is 16.4. The van der Waals surface area contributed by atoms with Crippen LogP contribution < -0.4 is 0 Å². The van der Waals surface area contributed by atoms with Crippen molar-refractivity contribution in [3.05, 3.63) is 57.6 Å². The van der Waals surface area contributed by atoms with E-state index < -0.39 is 6.10 Å². The van der Waals surface area contributed by atoms with Gasteiger partial charge in [0.25, 0.3) is 0 Å². The first-order chi connectivity index (χ1) is 21.5. The maximum Gasteiger partial charge on any atom is 0.306 e. The van der Waals surface area contributed by atoms with Crippen molar-refractivity contribution >= 4 is 23.7 Å². The van der Waals surface area contributed by atoms with Crippen molar-refractivity contribution < 1.29 is 29.3 Å². The first kappa shape index (κ1) is 37.8. The van der Waals surface area contributed by atoms with Gasteiger partial charge in [-0.3, -0.25) is 9.59 Å². The summed E-state index contributed by atoms with van der Waals surface area (Å²) in [6.07, 6.45) is 8.93. The predicted molar refractivity (Wildman–Crippen MR) is 189 cm³/mol. The lowest BCUT2D eigenvalue weighted by Gasteiger charge is -2.24. The molecule has 0 bridgehead atoms. The summed E-state index contributed by atoms with van der Waals surface area (Å²) in [7, 11) is 0. The van der Waals surface area contributed by atoms with E-state index >= 15 is 0 Å². The summed E-state index contributed by atoms with van der Waals surface area (Å²) in [6, 6.07) is 8.06. The number of carbonyl (C=O) groups is 2. The van der Waals surface area contributed by atoms with E-state index in [-0.39, 0.29) is 42.2 Å². The van der Waals surface area contributed by atoms with Gasteiger partial charge in [-0.15, -0.1) is 0 Å². The van der Waals surface area contributed by atoms with E-state index in [1.807, 2.05) is 49.9 Å². The van der Waals surface area contributed by atoms with Gasteiger partial charge in [0.15, 0.2) is 0 Å². The second-order valence-electron chi connectivity index (χ2n) is 15.2. The van der Waals surface area contributed by atoms with E-state index in [0.717, 1.165) is 33.4 Å². The van der Waals surface area contributed by atoms with E-state index in [2.05, 4.69) is 41.5 Å². The number of ether oxygens (including phenoxy) is 2. The third kappa shape index (κ3) is 11.8. The molecule has 1 aliphatic rings. The molecule has 0 aromatic heterocycles. The number of phenolic OH excluding ortho intramolecular Hbond substituents is 2. The van der Waals surface area contributed by atoms with Gasteiger partial charge in [0.05, 0.1) is 0 Å². The number of aryl methyl sites for hydroxylation is 4. The fourth-order valence-electron chi connectivity index (χ4n) is 6.11. The van der Waals surface area contributed by atoms with Gasteiger partial charge in [-0.2, -0.15) is 11.8 Å². The highest BCUT2D eigenvalue weighted by molar-refractivity contribution is 7.99. The molecule has 1 fully saturated rings. The molecule has 2 aromatic rings. The Morgan fingerprint density at radius 3 is 1.74 bits per heavy atom. The molecule has 0 radical (unpaired) electrons. The quantitative estimate of drug-likeness (QED) is 0.196. The number of esters is 2. The van der Waals surface area contributed by atoms with Gasteiger partial charge in [0.2, 0.25) is 0 Å². The summed E-state index contributed by atoms with van der Waals surface area (Å²) >= 11 is 1.83. The summed E-state index contributed by atoms with van der Waals surface area (Å²) in [5.41, 5.74) is 5.37. The number of thioether (sulfide) groups is 1. The van der Waals surface area contributed by atoms with Gasteiger partial charge < -0.3 is 19.7 Å². The molecule has 6 nitrogen and oxygen atoms in total. The summed E-state index contributed by atoms with van der Waals surface area (Å²) in [5, 5.41) is 21.6. The SMILES string of the molecule is Cc1cc(CCCC(=O)OCC(CSC2CCCCC2)OC(=O)CCCc2cc(C)c(O)c(C(C)(C)C)c2)cc(C(C)(C)C)c1O. The van der Waals surface area contributed by atoms with Gasteiger partial charge in [-0.25, -0.2) is 0 Å². The van der Waals surface area contributed by atoms with Gasteiger partial charge in [-0.1, -0.05) is 85.1 Å². The highest BCUT2D eigenvalue weighted by Gasteiger charge is 2.23. The molecule has 1 unspecified atom stereocenters. The number of phenols is 2. The number of aromatic hydroxyl groups is 2. The molecular weight excluding hydrogens is 596 g/mol. The number of hydrogen-bond acceptors (Lipinski definition) is 7. The standard InChI is InChI=1S/C39H58O6S/c1-26-20-28(22-32(36(26)42)38(3,4)5)14-12-18-34(40)44-24-30(25-46-31-16-10-9-11-17-31)45-35(41)19-13-15-29-21-27(2)37(43)33(23-29)39(6,7)8/h20-23,30-31,42-43H,9-19,24-25H2,1-8H3. The molecule has 0 aliphatic heterocycles. The zero-order valence-corrected chi connectivity index (χ0v) is 30.4. The normalized spacial score (nSPS) is 15.0. The molecule has 7 heteroatoms. The fraction of sp³-hybridized carbons (Fsp3) is 0.641. The van der Waals surface area contributed by atoms with Gasteiger partial charge >= 0.3 is 11.9 Å². The Morgan fingerprint density at radius 1 is 0.783 bits per heavy atom. The fourth-order valence-corrected chi connectivity index (χ4v) is 7.43. The van der Waals surface area contributed by atoms with Crippen molar-refractivity contribution in [2.24, 2.45) is 0 Å². The molecule has 2 N–H and O–H groups in total. The average molecular weight is 655 g/mol. The molecule has 0 saturated heterocycles. The zero-order valence-electron chi connectivity index (χ0n) is 29.6. The van der Waals surface area contributed by atoms with E-state index in [4.69, 9.17) is 9.47 Å². The van der Waals surface area contributed by atoms with Crippen LogP contribution in [0.15, 0.2) is 24.3 Å². The van der Waals surface area contributed by atoms with Crippen molar-refractivity contribution in [2.75, 3.05) is 12.4 Å². The summed E-state index contributed by atoms with van der Waals surface area (Å²) in [5.74, 6) is 0.751. The van der Waals surface area contributed by atoms with Crippen LogP contribution in [0, 0.1) is 13.8 Å². The molecule has 3 rings (SSSR count). The van der Waals surface area contributed by atoms with Crippen LogP contribution in [0.2, 0.25) is 0 Å². The predicted octanol–water partition coefficient (Wildman–Crippen LogP) is 9.18. The lowest BCUT2D eigenvalue weighted by Crippen LogP contribution is -2.28. The first-order valence-corrected chi connectivity index (χ1v) is 18.2. The lowest BCUT2D eigenvalue weighted by molar-refractivity contribution is -0.157. The highest BCUT2D eigenvalue weighted by atomic mass is 32.2. The minimum atomic E-state index is -0.471. The van der Waals surface area contributed by atoms with Crippen molar-refractivity contribution in [1.82, 2.24) is 0 Å². The van der Waals surface area contributed by atoms with Crippen LogP contribution in [-0.2, 0) is 42.7 Å². The molecule has 1 atom stereocenters. The number of carbonyl (C=O) groups excluding carboxylic acids is 2. The first-order valence-electron chi connectivity index (χ1n) is 17.2. The Labute approximate surface area is 282 Å². The van der Waals surface area contributed by atoms with Crippen molar-refractivity contribution in [3.63, 3.8) is 0 Å². The third-order valence-corrected chi connectivity index (χ3v) is 10.3. The molecular formula is C39H58O6S. The van der Waals surface area contributed by atoms with Crippen molar-refractivity contribution in [2.45, 2.75) is 148 Å². The van der Waals surface area contributed by atoms with Crippen LogP contribution in [0.1, 0.15) is 133 Å². The molecule has 0 spiro atoms. The monoisotopic (exact) mass is 654 g/mol. The zero-order chi connectivity index (χ0) is 34.1. The van der Waals surface area contributed by atoms with Crippen LogP contribution in [0.3, 0.4) is 0 Å². The number of hydrogen-bond donors (Lipinski definition) is 2. The van der Waals surface area contributed by atoms with Crippen LogP contribution in [0.5, 0.6) is 11.5 Å². The van der Waals surface area contributed by atoms with Gasteiger partial charge in [-0.05, 0) is 96.6 Å². The van der Waals surface area contributed by atoms with Crippen molar-refractivity contribution in [1.29, 1.82) is 0 Å². The maximum atomic E-state index is 12.9. The maximum absolute atomic E-state index is 12.9. The topological polar surface area (TPSA) is 93.1 Å². The summed E-state index contributed by atoms with van der Waals surface area (Å²) < 4.78 is 11.5. The van der Waals surface area contributed by atoms with E-state index in [1.54, 1.807) is 0 Å². The van der Waals surface area contributed by atoms with Gasteiger partial charge in [0, 0.05) is 23.8 Å². The Balaban J connectivity index is 1.52. The summed E-state index contributed by atoms with van der Waals surface area (Å²) in [4.78, 5) is 25.7. The second-order valence-corrected chi connectivity index (χ2v) is 16.5. The van der Waals surface area contributed by atoms with Crippen LogP contribution >= 0.6 is 11.8 Å². The Kier molecular flexibility index (Phi) is 13.9. The average Bonchev–Trinajstić information content (AvgIpc) is 2.97. The van der Waals surface area contributed by atoms with E-state index in [9.17, 15) is 19.8 Å². The van der Waals surface area contributed by atoms with E-state index in [1.165, 1.54) is 32.1 Å². The molecule has 1 aliphatic carbocycles. The number of rotatable bonds is 14. The lowest BCUT2D eigenvalue weighted by atomic mass is 9.83. The second kappa shape index (κ2) is 16.9. The minimum Gasteiger partial charge on any atom is -0.507 e. The van der Waals surface area contributed by atoms with Crippen LogP contribution in [-0.4, -0.2) is 45.9 Å². The Bertz CT molecular complexity index is 1310. The molecule has 2 aromatic carbocycles. The molecule has 0 heterocycles. The van der Waals surface area contributed by atoms with Crippen molar-refractivity contribution in [3.8, 4) is 11.5 Å². The Hall–Kier alpha value is -2.67.